The second kappa shape index (κ2) is 5.87. The molecule has 0 aliphatic carbocycles. The van der Waals surface area contributed by atoms with Gasteiger partial charge in [-0.1, -0.05) is 18.2 Å². The number of carbonyl (C=O) groups is 1. The van der Waals surface area contributed by atoms with E-state index in [0.717, 1.165) is 30.8 Å². The average molecular weight is 249 g/mol. The van der Waals surface area contributed by atoms with E-state index < -0.39 is 0 Å². The topological polar surface area (TPSA) is 47.6 Å². The predicted octanol–water partition coefficient (Wildman–Crippen LogP) is 1.56. The predicted molar refractivity (Wildman–Crippen MR) is 68.7 cm³/mol. The zero-order valence-corrected chi connectivity index (χ0v) is 10.8. The molecule has 2 rings (SSSR count). The Morgan fingerprint density at radius 1 is 1.33 bits per heavy atom. The number of methoxy groups -OCH3 is 2. The standard InChI is InChI=1S/C14H19NO3/c1-17-13-6-4-3-5-10(13)12-9-15-8-7-11(12)14(16)18-2/h3-6,11-12,15H,7-9H2,1-2H3/t11-,12+/m0/s1. The van der Waals surface area contributed by atoms with Gasteiger partial charge < -0.3 is 14.8 Å². The lowest BCUT2D eigenvalue weighted by Crippen LogP contribution is -2.39. The summed E-state index contributed by atoms with van der Waals surface area (Å²) in [7, 11) is 3.10. The molecule has 0 aromatic heterocycles. The van der Waals surface area contributed by atoms with Gasteiger partial charge in [0.1, 0.15) is 5.75 Å². The van der Waals surface area contributed by atoms with Gasteiger partial charge >= 0.3 is 5.97 Å². The van der Waals surface area contributed by atoms with Crippen LogP contribution in [0.5, 0.6) is 5.75 Å². The van der Waals surface area contributed by atoms with Gasteiger partial charge in [-0.15, -0.1) is 0 Å². The molecule has 1 aromatic rings. The molecule has 0 bridgehead atoms. The number of benzene rings is 1. The molecule has 1 heterocycles. The normalized spacial score (nSPS) is 23.4. The summed E-state index contributed by atoms with van der Waals surface area (Å²) >= 11 is 0. The van der Waals surface area contributed by atoms with Crippen LogP contribution in [0.1, 0.15) is 17.9 Å². The highest BCUT2D eigenvalue weighted by Gasteiger charge is 2.34. The molecule has 0 radical (unpaired) electrons. The van der Waals surface area contributed by atoms with E-state index in [1.54, 1.807) is 7.11 Å². The van der Waals surface area contributed by atoms with E-state index in [1.165, 1.54) is 7.11 Å². The van der Waals surface area contributed by atoms with Crippen LogP contribution < -0.4 is 10.1 Å². The van der Waals surface area contributed by atoms with Crippen molar-refractivity contribution in [3.63, 3.8) is 0 Å². The van der Waals surface area contributed by atoms with E-state index in [-0.39, 0.29) is 17.8 Å². The van der Waals surface area contributed by atoms with Crippen molar-refractivity contribution >= 4 is 5.97 Å². The van der Waals surface area contributed by atoms with E-state index in [2.05, 4.69) is 5.32 Å². The summed E-state index contributed by atoms with van der Waals surface area (Å²) in [6, 6.07) is 7.86. The van der Waals surface area contributed by atoms with Gasteiger partial charge in [0.15, 0.2) is 0 Å². The first-order valence-electron chi connectivity index (χ1n) is 6.19. The van der Waals surface area contributed by atoms with Crippen LogP contribution in [-0.4, -0.2) is 33.3 Å². The zero-order valence-electron chi connectivity index (χ0n) is 10.8. The molecule has 0 saturated carbocycles. The Labute approximate surface area is 107 Å². The average Bonchev–Trinajstić information content (AvgIpc) is 2.46. The largest absolute Gasteiger partial charge is 0.496 e. The Bertz CT molecular complexity index is 419. The molecular formula is C14H19NO3. The number of esters is 1. The van der Waals surface area contributed by atoms with Gasteiger partial charge in [0.05, 0.1) is 20.1 Å². The maximum absolute atomic E-state index is 11.9. The fourth-order valence-corrected chi connectivity index (χ4v) is 2.59. The SMILES string of the molecule is COC(=O)[C@H]1CCNC[C@@H]1c1ccccc1OC. The Kier molecular flexibility index (Phi) is 4.20. The van der Waals surface area contributed by atoms with Crippen LogP contribution in [-0.2, 0) is 9.53 Å². The third-order valence-electron chi connectivity index (χ3n) is 3.52. The van der Waals surface area contributed by atoms with Gasteiger partial charge in [-0.3, -0.25) is 4.79 Å². The first-order valence-corrected chi connectivity index (χ1v) is 6.19. The summed E-state index contributed by atoms with van der Waals surface area (Å²) < 4.78 is 10.3. The Morgan fingerprint density at radius 2 is 2.11 bits per heavy atom. The zero-order chi connectivity index (χ0) is 13.0. The summed E-state index contributed by atoms with van der Waals surface area (Å²) in [6.45, 7) is 1.63. The van der Waals surface area contributed by atoms with Gasteiger partial charge in [0.2, 0.25) is 0 Å². The molecule has 4 heteroatoms. The third-order valence-corrected chi connectivity index (χ3v) is 3.52. The molecule has 1 fully saturated rings. The van der Waals surface area contributed by atoms with Crippen molar-refractivity contribution in [2.75, 3.05) is 27.3 Å². The van der Waals surface area contributed by atoms with Crippen LogP contribution >= 0.6 is 0 Å². The van der Waals surface area contributed by atoms with E-state index in [4.69, 9.17) is 9.47 Å². The Balaban J connectivity index is 2.30. The number of nitrogens with one attached hydrogen (secondary N) is 1. The van der Waals surface area contributed by atoms with Crippen LogP contribution in [0.2, 0.25) is 0 Å². The minimum Gasteiger partial charge on any atom is -0.496 e. The van der Waals surface area contributed by atoms with Crippen LogP contribution in [0.15, 0.2) is 24.3 Å². The van der Waals surface area contributed by atoms with Crippen molar-refractivity contribution in [2.24, 2.45) is 5.92 Å². The van der Waals surface area contributed by atoms with Crippen molar-refractivity contribution in [3.8, 4) is 5.75 Å². The molecule has 0 amide bonds. The molecule has 18 heavy (non-hydrogen) atoms. The third kappa shape index (κ3) is 2.48. The summed E-state index contributed by atoms with van der Waals surface area (Å²) in [6.07, 6.45) is 0.801. The number of carbonyl (C=O) groups excluding carboxylic acids is 1. The fourth-order valence-electron chi connectivity index (χ4n) is 2.59. The summed E-state index contributed by atoms with van der Waals surface area (Å²) in [4.78, 5) is 11.9. The molecule has 1 aliphatic rings. The Morgan fingerprint density at radius 3 is 2.83 bits per heavy atom. The fraction of sp³-hybridized carbons (Fsp3) is 0.500. The lowest BCUT2D eigenvalue weighted by molar-refractivity contribution is -0.147. The summed E-state index contributed by atoms with van der Waals surface area (Å²) in [5, 5.41) is 3.33. The maximum Gasteiger partial charge on any atom is 0.309 e. The first-order chi connectivity index (χ1) is 8.77. The van der Waals surface area contributed by atoms with Crippen LogP contribution in [0, 0.1) is 5.92 Å². The molecule has 1 N–H and O–H groups in total. The number of rotatable bonds is 3. The number of piperidine rings is 1. The monoisotopic (exact) mass is 249 g/mol. The van der Waals surface area contributed by atoms with Crippen LogP contribution in [0.25, 0.3) is 0 Å². The van der Waals surface area contributed by atoms with Gasteiger partial charge in [-0.25, -0.2) is 0 Å². The second-order valence-corrected chi connectivity index (χ2v) is 4.47. The molecule has 1 aliphatic heterocycles. The molecule has 0 spiro atoms. The highest BCUT2D eigenvalue weighted by molar-refractivity contribution is 5.74. The lowest BCUT2D eigenvalue weighted by Gasteiger charge is -2.31. The van der Waals surface area contributed by atoms with E-state index >= 15 is 0 Å². The number of hydrogen-bond donors (Lipinski definition) is 1. The molecule has 1 saturated heterocycles. The van der Waals surface area contributed by atoms with E-state index in [0.29, 0.717) is 0 Å². The van der Waals surface area contributed by atoms with E-state index in [1.807, 2.05) is 24.3 Å². The van der Waals surface area contributed by atoms with Crippen molar-refractivity contribution < 1.29 is 14.3 Å². The Hall–Kier alpha value is -1.55. The minimum absolute atomic E-state index is 0.0902. The number of hydrogen-bond acceptors (Lipinski definition) is 4. The molecule has 2 atom stereocenters. The van der Waals surface area contributed by atoms with E-state index in [9.17, 15) is 4.79 Å². The van der Waals surface area contributed by atoms with Crippen LogP contribution in [0.3, 0.4) is 0 Å². The molecular weight excluding hydrogens is 230 g/mol. The van der Waals surface area contributed by atoms with Gasteiger partial charge in [0, 0.05) is 12.5 Å². The van der Waals surface area contributed by atoms with Crippen molar-refractivity contribution in [1.82, 2.24) is 5.32 Å². The number of para-hydroxylation sites is 1. The lowest BCUT2D eigenvalue weighted by atomic mass is 9.81. The maximum atomic E-state index is 11.9. The smallest absolute Gasteiger partial charge is 0.309 e. The second-order valence-electron chi connectivity index (χ2n) is 4.47. The first kappa shape index (κ1) is 12.9. The van der Waals surface area contributed by atoms with Crippen molar-refractivity contribution in [2.45, 2.75) is 12.3 Å². The number of ether oxygens (including phenoxy) is 2. The van der Waals surface area contributed by atoms with Gasteiger partial charge in [-0.05, 0) is 24.6 Å². The highest BCUT2D eigenvalue weighted by Crippen LogP contribution is 2.35. The van der Waals surface area contributed by atoms with Gasteiger partial charge in [0.25, 0.3) is 0 Å². The van der Waals surface area contributed by atoms with Crippen molar-refractivity contribution in [3.05, 3.63) is 29.8 Å². The summed E-state index contributed by atoms with van der Waals surface area (Å²) in [5.41, 5.74) is 1.07. The molecule has 1 aromatic carbocycles. The quantitative estimate of drug-likeness (QED) is 0.826. The molecule has 98 valence electrons. The van der Waals surface area contributed by atoms with Crippen LogP contribution in [0.4, 0.5) is 0 Å². The van der Waals surface area contributed by atoms with Gasteiger partial charge in [-0.2, -0.15) is 0 Å². The van der Waals surface area contributed by atoms with Crippen molar-refractivity contribution in [1.29, 1.82) is 0 Å². The highest BCUT2D eigenvalue weighted by atomic mass is 16.5. The minimum atomic E-state index is -0.132. The molecule has 0 unspecified atom stereocenters. The molecule has 4 nitrogen and oxygen atoms in total. The summed E-state index contributed by atoms with van der Waals surface area (Å²) in [5.74, 6) is 0.724.